The highest BCUT2D eigenvalue weighted by Gasteiger charge is 2.15. The first-order valence-corrected chi connectivity index (χ1v) is 11.3. The van der Waals surface area contributed by atoms with Crippen LogP contribution < -0.4 is 24.3 Å². The van der Waals surface area contributed by atoms with E-state index >= 15 is 0 Å². The molecule has 0 aliphatic carbocycles. The molecule has 0 radical (unpaired) electrons. The number of nitrogens with one attached hydrogen (secondary N) is 1. The number of amides is 1. The Balaban J connectivity index is 1.43. The van der Waals surface area contributed by atoms with Crippen LogP contribution >= 0.6 is 0 Å². The standard InChI is InChI=1S/C28H26N2O5/c1-3-32-26-13-21(8-10-24(26)33-17-20-6-4-19(2)5-7-20)12-23(15-29)28(31)30-16-22-9-11-25-27(14-22)35-18-34-25/h4-14H,3,16-18H2,1-2H3,(H,30,31). The molecule has 0 aromatic heterocycles. The van der Waals surface area contributed by atoms with Crippen LogP contribution in [0, 0.1) is 18.3 Å². The van der Waals surface area contributed by atoms with Crippen LogP contribution in [0.1, 0.15) is 29.2 Å². The maximum atomic E-state index is 12.6. The monoisotopic (exact) mass is 470 g/mol. The van der Waals surface area contributed by atoms with Gasteiger partial charge < -0.3 is 24.3 Å². The quantitative estimate of drug-likeness (QED) is 0.353. The lowest BCUT2D eigenvalue weighted by Crippen LogP contribution is -2.23. The number of aryl methyl sites for hydroxylation is 1. The second kappa shape index (κ2) is 11.1. The van der Waals surface area contributed by atoms with Crippen molar-refractivity contribution in [2.75, 3.05) is 13.4 Å². The number of hydrogen-bond acceptors (Lipinski definition) is 6. The van der Waals surface area contributed by atoms with Gasteiger partial charge in [-0.2, -0.15) is 5.26 Å². The Hall–Kier alpha value is -4.44. The fourth-order valence-corrected chi connectivity index (χ4v) is 3.49. The molecule has 1 N–H and O–H groups in total. The third-order valence-corrected chi connectivity index (χ3v) is 5.35. The molecule has 0 atom stereocenters. The summed E-state index contributed by atoms with van der Waals surface area (Å²) in [5.41, 5.74) is 3.72. The fourth-order valence-electron chi connectivity index (χ4n) is 3.49. The van der Waals surface area contributed by atoms with Crippen molar-refractivity contribution < 1.29 is 23.7 Å². The van der Waals surface area contributed by atoms with E-state index in [9.17, 15) is 10.1 Å². The summed E-state index contributed by atoms with van der Waals surface area (Å²) < 4.78 is 22.4. The van der Waals surface area contributed by atoms with Crippen molar-refractivity contribution in [1.29, 1.82) is 5.26 Å². The predicted octanol–water partition coefficient (Wildman–Crippen LogP) is 4.92. The van der Waals surface area contributed by atoms with Crippen LogP contribution in [0.25, 0.3) is 6.08 Å². The van der Waals surface area contributed by atoms with Crippen molar-refractivity contribution in [3.05, 3.63) is 88.5 Å². The molecule has 35 heavy (non-hydrogen) atoms. The number of ether oxygens (including phenoxy) is 4. The number of nitriles is 1. The second-order valence-electron chi connectivity index (χ2n) is 7.95. The van der Waals surface area contributed by atoms with Gasteiger partial charge in [0.2, 0.25) is 6.79 Å². The van der Waals surface area contributed by atoms with E-state index in [4.69, 9.17) is 18.9 Å². The minimum atomic E-state index is -0.470. The van der Waals surface area contributed by atoms with E-state index in [0.717, 1.165) is 11.1 Å². The number of carbonyl (C=O) groups is 1. The van der Waals surface area contributed by atoms with Gasteiger partial charge in [-0.15, -0.1) is 0 Å². The van der Waals surface area contributed by atoms with Crippen LogP contribution in [-0.2, 0) is 17.9 Å². The summed E-state index contributed by atoms with van der Waals surface area (Å²) in [6, 6.07) is 20.9. The Morgan fingerprint density at radius 3 is 2.54 bits per heavy atom. The van der Waals surface area contributed by atoms with Crippen LogP contribution in [-0.4, -0.2) is 19.3 Å². The second-order valence-corrected chi connectivity index (χ2v) is 7.95. The molecule has 1 heterocycles. The highest BCUT2D eigenvalue weighted by Crippen LogP contribution is 2.32. The molecule has 4 rings (SSSR count). The number of rotatable bonds is 9. The number of carbonyl (C=O) groups excluding carboxylic acids is 1. The first kappa shape index (κ1) is 23.7. The highest BCUT2D eigenvalue weighted by atomic mass is 16.7. The average Bonchev–Trinajstić information content (AvgIpc) is 3.34. The van der Waals surface area contributed by atoms with Gasteiger partial charge in [-0.25, -0.2) is 0 Å². The zero-order valence-corrected chi connectivity index (χ0v) is 19.7. The van der Waals surface area contributed by atoms with E-state index in [0.29, 0.717) is 41.8 Å². The molecular weight excluding hydrogens is 444 g/mol. The Bertz CT molecular complexity index is 1280. The summed E-state index contributed by atoms with van der Waals surface area (Å²) >= 11 is 0. The summed E-state index contributed by atoms with van der Waals surface area (Å²) in [7, 11) is 0. The Labute approximate surface area is 204 Å². The topological polar surface area (TPSA) is 89.8 Å². The molecule has 3 aromatic carbocycles. The van der Waals surface area contributed by atoms with Gasteiger partial charge in [0.15, 0.2) is 23.0 Å². The highest BCUT2D eigenvalue weighted by molar-refractivity contribution is 6.01. The van der Waals surface area contributed by atoms with Gasteiger partial charge in [0.1, 0.15) is 18.2 Å². The van der Waals surface area contributed by atoms with Gasteiger partial charge >= 0.3 is 0 Å². The van der Waals surface area contributed by atoms with Crippen molar-refractivity contribution in [3.8, 4) is 29.1 Å². The van der Waals surface area contributed by atoms with Gasteiger partial charge in [0, 0.05) is 6.54 Å². The molecule has 1 aliphatic heterocycles. The van der Waals surface area contributed by atoms with Gasteiger partial charge in [-0.3, -0.25) is 4.79 Å². The third kappa shape index (κ3) is 6.12. The predicted molar refractivity (Wildman–Crippen MR) is 131 cm³/mol. The van der Waals surface area contributed by atoms with E-state index < -0.39 is 5.91 Å². The molecule has 1 aliphatic rings. The summed E-state index contributed by atoms with van der Waals surface area (Å²) in [5.74, 6) is 1.99. The number of hydrogen-bond donors (Lipinski definition) is 1. The van der Waals surface area contributed by atoms with Gasteiger partial charge in [0.25, 0.3) is 5.91 Å². The third-order valence-electron chi connectivity index (χ3n) is 5.35. The van der Waals surface area contributed by atoms with Gasteiger partial charge in [-0.05, 0) is 60.9 Å². The summed E-state index contributed by atoms with van der Waals surface area (Å²) in [4.78, 5) is 12.6. The van der Waals surface area contributed by atoms with Crippen molar-refractivity contribution in [2.24, 2.45) is 0 Å². The van der Waals surface area contributed by atoms with Crippen molar-refractivity contribution >= 4 is 12.0 Å². The average molecular weight is 471 g/mol. The molecule has 0 spiro atoms. The van der Waals surface area contributed by atoms with Gasteiger partial charge in [0.05, 0.1) is 6.61 Å². The molecule has 0 unspecified atom stereocenters. The molecule has 3 aromatic rings. The Morgan fingerprint density at radius 2 is 1.77 bits per heavy atom. The van der Waals surface area contributed by atoms with Crippen molar-refractivity contribution in [2.45, 2.75) is 27.0 Å². The lowest BCUT2D eigenvalue weighted by atomic mass is 10.1. The maximum Gasteiger partial charge on any atom is 0.262 e. The van der Waals surface area contributed by atoms with E-state index in [-0.39, 0.29) is 18.9 Å². The molecule has 0 fully saturated rings. The number of benzene rings is 3. The van der Waals surface area contributed by atoms with Crippen LogP contribution in [0.4, 0.5) is 0 Å². The lowest BCUT2D eigenvalue weighted by molar-refractivity contribution is -0.117. The Morgan fingerprint density at radius 1 is 1.00 bits per heavy atom. The zero-order chi connectivity index (χ0) is 24.6. The summed E-state index contributed by atoms with van der Waals surface area (Å²) in [6.07, 6.45) is 1.53. The molecule has 0 saturated carbocycles. The van der Waals surface area contributed by atoms with Crippen LogP contribution in [0.15, 0.2) is 66.2 Å². The molecule has 1 amide bonds. The lowest BCUT2D eigenvalue weighted by Gasteiger charge is -2.13. The van der Waals surface area contributed by atoms with E-state index in [1.165, 1.54) is 11.6 Å². The molecule has 178 valence electrons. The van der Waals surface area contributed by atoms with Crippen LogP contribution in [0.2, 0.25) is 0 Å². The van der Waals surface area contributed by atoms with Crippen LogP contribution in [0.5, 0.6) is 23.0 Å². The number of fused-ring (bicyclic) bond motifs is 1. The SMILES string of the molecule is CCOc1cc(C=C(C#N)C(=O)NCc2ccc3c(c2)OCO3)ccc1OCc1ccc(C)cc1. The summed E-state index contributed by atoms with van der Waals surface area (Å²) in [6.45, 7) is 5.22. The van der Waals surface area contributed by atoms with E-state index in [2.05, 4.69) is 5.32 Å². The van der Waals surface area contributed by atoms with E-state index in [1.54, 1.807) is 24.3 Å². The molecule has 0 saturated heterocycles. The first-order chi connectivity index (χ1) is 17.1. The minimum Gasteiger partial charge on any atom is -0.490 e. The molecule has 7 heteroatoms. The Kier molecular flexibility index (Phi) is 7.53. The summed E-state index contributed by atoms with van der Waals surface area (Å²) in [5, 5.41) is 12.3. The van der Waals surface area contributed by atoms with Crippen molar-refractivity contribution in [3.63, 3.8) is 0 Å². The molecular formula is C28H26N2O5. The number of nitrogens with zero attached hydrogens (tertiary/aromatic N) is 1. The fraction of sp³-hybridized carbons (Fsp3) is 0.214. The molecule has 7 nitrogen and oxygen atoms in total. The molecule has 0 bridgehead atoms. The smallest absolute Gasteiger partial charge is 0.262 e. The minimum absolute atomic E-state index is 0.0125. The largest absolute Gasteiger partial charge is 0.490 e. The maximum absolute atomic E-state index is 12.6. The normalized spacial score (nSPS) is 12.1. The van der Waals surface area contributed by atoms with Crippen LogP contribution in [0.3, 0.4) is 0 Å². The van der Waals surface area contributed by atoms with E-state index in [1.807, 2.05) is 56.3 Å². The zero-order valence-electron chi connectivity index (χ0n) is 19.7. The van der Waals surface area contributed by atoms with Gasteiger partial charge in [-0.1, -0.05) is 42.0 Å². The first-order valence-electron chi connectivity index (χ1n) is 11.3. The van der Waals surface area contributed by atoms with Crippen molar-refractivity contribution in [1.82, 2.24) is 5.32 Å².